The molecule has 0 saturated carbocycles. The number of amides is 2. The van der Waals surface area contributed by atoms with Crippen LogP contribution in [0.25, 0.3) is 0 Å². The molecule has 1 unspecified atom stereocenters. The van der Waals surface area contributed by atoms with Gasteiger partial charge in [0.05, 0.1) is 12.6 Å². The first-order valence-electron chi connectivity index (χ1n) is 7.63. The quantitative estimate of drug-likeness (QED) is 0.877. The maximum atomic E-state index is 12.6. The van der Waals surface area contributed by atoms with Gasteiger partial charge in [0.1, 0.15) is 5.75 Å². The molecule has 4 rings (SSSR count). The fraction of sp³-hybridized carbons (Fsp3) is 0.353. The molecule has 2 aliphatic heterocycles. The molecule has 22 heavy (non-hydrogen) atoms. The molecular formula is C17H18N2O2S. The molecule has 1 atom stereocenters. The number of thiophene rings is 1. The SMILES string of the molecule is O=C(NC1CCOc2ccccc21)N1CCc2sccc2C1. The van der Waals surface area contributed by atoms with Gasteiger partial charge in [-0.3, -0.25) is 0 Å². The fourth-order valence-corrected chi connectivity index (χ4v) is 4.04. The van der Waals surface area contributed by atoms with Gasteiger partial charge >= 0.3 is 6.03 Å². The lowest BCUT2D eigenvalue weighted by Crippen LogP contribution is -2.44. The Bertz CT molecular complexity index is 697. The van der Waals surface area contributed by atoms with E-state index in [2.05, 4.69) is 16.8 Å². The minimum absolute atomic E-state index is 0.0264. The van der Waals surface area contributed by atoms with Crippen molar-refractivity contribution in [2.75, 3.05) is 13.2 Å². The molecule has 3 heterocycles. The molecular weight excluding hydrogens is 296 g/mol. The van der Waals surface area contributed by atoms with Crippen LogP contribution in [0.1, 0.15) is 28.5 Å². The summed E-state index contributed by atoms with van der Waals surface area (Å²) in [5.41, 5.74) is 2.37. The van der Waals surface area contributed by atoms with E-state index in [1.165, 1.54) is 10.4 Å². The van der Waals surface area contributed by atoms with E-state index in [1.54, 1.807) is 11.3 Å². The van der Waals surface area contributed by atoms with Crippen LogP contribution in [-0.4, -0.2) is 24.1 Å². The van der Waals surface area contributed by atoms with Crippen molar-refractivity contribution in [3.63, 3.8) is 0 Å². The van der Waals surface area contributed by atoms with Crippen molar-refractivity contribution in [1.82, 2.24) is 10.2 Å². The predicted molar refractivity (Wildman–Crippen MR) is 86.3 cm³/mol. The van der Waals surface area contributed by atoms with Gasteiger partial charge in [-0.1, -0.05) is 18.2 Å². The number of hydrogen-bond donors (Lipinski definition) is 1. The van der Waals surface area contributed by atoms with Crippen LogP contribution < -0.4 is 10.1 Å². The highest BCUT2D eigenvalue weighted by Crippen LogP contribution is 2.32. The number of ether oxygens (including phenoxy) is 1. The van der Waals surface area contributed by atoms with E-state index >= 15 is 0 Å². The second kappa shape index (κ2) is 5.65. The lowest BCUT2D eigenvalue weighted by atomic mass is 10.0. The molecule has 0 bridgehead atoms. The van der Waals surface area contributed by atoms with Crippen molar-refractivity contribution in [2.45, 2.75) is 25.4 Å². The number of carbonyl (C=O) groups is 1. The smallest absolute Gasteiger partial charge is 0.318 e. The van der Waals surface area contributed by atoms with Gasteiger partial charge in [0.2, 0.25) is 0 Å². The molecule has 0 saturated heterocycles. The molecule has 5 heteroatoms. The second-order valence-corrected chi connectivity index (χ2v) is 6.72. The van der Waals surface area contributed by atoms with E-state index in [-0.39, 0.29) is 12.1 Å². The van der Waals surface area contributed by atoms with Crippen LogP contribution in [0.2, 0.25) is 0 Å². The first kappa shape index (κ1) is 13.6. The van der Waals surface area contributed by atoms with Crippen LogP contribution in [0, 0.1) is 0 Å². The minimum atomic E-state index is 0.0264. The highest BCUT2D eigenvalue weighted by Gasteiger charge is 2.26. The number of para-hydroxylation sites is 1. The Labute approximate surface area is 133 Å². The van der Waals surface area contributed by atoms with Crippen LogP contribution >= 0.6 is 11.3 Å². The number of nitrogens with zero attached hydrogens (tertiary/aromatic N) is 1. The number of benzene rings is 1. The lowest BCUT2D eigenvalue weighted by molar-refractivity contribution is 0.181. The third-order valence-corrected chi connectivity index (χ3v) is 5.37. The molecule has 2 aromatic rings. The van der Waals surface area contributed by atoms with Crippen LogP contribution in [0.15, 0.2) is 35.7 Å². The summed E-state index contributed by atoms with van der Waals surface area (Å²) in [7, 11) is 0. The monoisotopic (exact) mass is 314 g/mol. The molecule has 2 aliphatic rings. The topological polar surface area (TPSA) is 41.6 Å². The van der Waals surface area contributed by atoms with Gasteiger partial charge in [-0.05, 0) is 29.5 Å². The summed E-state index contributed by atoms with van der Waals surface area (Å²) in [6.45, 7) is 2.16. The first-order valence-corrected chi connectivity index (χ1v) is 8.51. The Hall–Kier alpha value is -2.01. The molecule has 2 amide bonds. The Morgan fingerprint density at radius 2 is 2.23 bits per heavy atom. The molecule has 0 radical (unpaired) electrons. The van der Waals surface area contributed by atoms with Gasteiger partial charge in [0.15, 0.2) is 0 Å². The molecule has 114 valence electrons. The van der Waals surface area contributed by atoms with Gasteiger partial charge in [0, 0.05) is 30.0 Å². The van der Waals surface area contributed by atoms with Gasteiger partial charge in [0.25, 0.3) is 0 Å². The van der Waals surface area contributed by atoms with Crippen LogP contribution in [0.4, 0.5) is 4.79 Å². The number of urea groups is 1. The molecule has 0 aliphatic carbocycles. The van der Waals surface area contributed by atoms with Crippen molar-refractivity contribution in [1.29, 1.82) is 0 Å². The van der Waals surface area contributed by atoms with Gasteiger partial charge in [-0.15, -0.1) is 11.3 Å². The highest BCUT2D eigenvalue weighted by atomic mass is 32.1. The Kier molecular flexibility index (Phi) is 3.50. The number of nitrogens with one attached hydrogen (secondary N) is 1. The van der Waals surface area contributed by atoms with E-state index < -0.39 is 0 Å². The molecule has 4 nitrogen and oxygen atoms in total. The molecule has 0 fully saturated rings. The first-order chi connectivity index (χ1) is 10.8. The standard InChI is InChI=1S/C17H18N2O2S/c20-17(19-8-5-16-12(11-19)7-10-22-16)18-14-6-9-21-15-4-2-1-3-13(14)15/h1-4,7,10,14H,5-6,8-9,11H2,(H,18,20). The van der Waals surface area contributed by atoms with Crippen LogP contribution in [0.5, 0.6) is 5.75 Å². The molecule has 1 aromatic carbocycles. The zero-order valence-electron chi connectivity index (χ0n) is 12.2. The van der Waals surface area contributed by atoms with Crippen molar-refractivity contribution in [3.05, 3.63) is 51.7 Å². The zero-order valence-corrected chi connectivity index (χ0v) is 13.1. The number of carbonyl (C=O) groups excluding carboxylic acids is 1. The van der Waals surface area contributed by atoms with Gasteiger partial charge in [-0.2, -0.15) is 0 Å². The predicted octanol–water partition coefficient (Wildman–Crippen LogP) is 3.34. The Balaban J connectivity index is 1.47. The zero-order chi connectivity index (χ0) is 14.9. The maximum Gasteiger partial charge on any atom is 0.318 e. The summed E-state index contributed by atoms with van der Waals surface area (Å²) >= 11 is 1.79. The van der Waals surface area contributed by atoms with Gasteiger partial charge < -0.3 is 15.0 Å². The number of fused-ring (bicyclic) bond motifs is 2. The van der Waals surface area contributed by atoms with E-state index in [4.69, 9.17) is 4.74 Å². The molecule has 1 N–H and O–H groups in total. The summed E-state index contributed by atoms with van der Waals surface area (Å²) in [4.78, 5) is 15.9. The van der Waals surface area contributed by atoms with Gasteiger partial charge in [-0.25, -0.2) is 4.79 Å². The summed E-state index contributed by atoms with van der Waals surface area (Å²) in [5.74, 6) is 0.887. The summed E-state index contributed by atoms with van der Waals surface area (Å²) in [6.07, 6.45) is 1.78. The normalized spacial score (nSPS) is 19.8. The van der Waals surface area contributed by atoms with Crippen molar-refractivity contribution >= 4 is 17.4 Å². The lowest BCUT2D eigenvalue weighted by Gasteiger charge is -2.31. The van der Waals surface area contributed by atoms with Crippen molar-refractivity contribution in [2.24, 2.45) is 0 Å². The van der Waals surface area contributed by atoms with E-state index in [0.717, 1.165) is 37.2 Å². The fourth-order valence-electron chi connectivity index (χ4n) is 3.15. The third-order valence-electron chi connectivity index (χ3n) is 4.35. The molecule has 1 aromatic heterocycles. The van der Waals surface area contributed by atoms with E-state index in [0.29, 0.717) is 6.61 Å². The highest BCUT2D eigenvalue weighted by molar-refractivity contribution is 7.10. The van der Waals surface area contributed by atoms with Crippen LogP contribution in [0.3, 0.4) is 0 Å². The van der Waals surface area contributed by atoms with E-state index in [1.807, 2.05) is 29.2 Å². The number of rotatable bonds is 1. The summed E-state index contributed by atoms with van der Waals surface area (Å²) in [5, 5.41) is 5.29. The van der Waals surface area contributed by atoms with E-state index in [9.17, 15) is 4.79 Å². The largest absolute Gasteiger partial charge is 0.493 e. The van der Waals surface area contributed by atoms with Crippen LogP contribution in [-0.2, 0) is 13.0 Å². The summed E-state index contributed by atoms with van der Waals surface area (Å²) < 4.78 is 5.65. The van der Waals surface area contributed by atoms with Crippen molar-refractivity contribution in [3.8, 4) is 5.75 Å². The third kappa shape index (κ3) is 2.46. The average Bonchev–Trinajstić information content (AvgIpc) is 3.02. The Morgan fingerprint density at radius 3 is 3.18 bits per heavy atom. The number of hydrogen-bond acceptors (Lipinski definition) is 3. The Morgan fingerprint density at radius 1 is 1.32 bits per heavy atom. The maximum absolute atomic E-state index is 12.6. The van der Waals surface area contributed by atoms with Crippen molar-refractivity contribution < 1.29 is 9.53 Å². The second-order valence-electron chi connectivity index (χ2n) is 5.72. The summed E-state index contributed by atoms with van der Waals surface area (Å²) in [6, 6.07) is 10.2. The molecule has 0 spiro atoms. The minimum Gasteiger partial charge on any atom is -0.493 e. The average molecular weight is 314 g/mol.